The zero-order valence-electron chi connectivity index (χ0n) is 13.9. The minimum atomic E-state index is -0.588. The van der Waals surface area contributed by atoms with Crippen LogP contribution in [0.2, 0.25) is 0 Å². The molecule has 0 spiro atoms. The van der Waals surface area contributed by atoms with Crippen molar-refractivity contribution < 1.29 is 28.8 Å². The van der Waals surface area contributed by atoms with Crippen LogP contribution in [0, 0.1) is 20.2 Å². The normalized spacial score (nSPS) is 14.1. The third-order valence-corrected chi connectivity index (χ3v) is 3.90. The highest BCUT2D eigenvalue weighted by Crippen LogP contribution is 2.38. The quantitative estimate of drug-likeness (QED) is 0.432. The van der Waals surface area contributed by atoms with E-state index in [4.69, 9.17) is 18.9 Å². The lowest BCUT2D eigenvalue weighted by Gasteiger charge is -2.00. The summed E-state index contributed by atoms with van der Waals surface area (Å²) < 4.78 is 20.6. The molecule has 12 nitrogen and oxygen atoms in total. The Hall–Kier alpha value is -4.22. The van der Waals surface area contributed by atoms with Crippen molar-refractivity contribution in [2.75, 3.05) is 13.6 Å². The molecule has 0 bridgehead atoms. The highest BCUT2D eigenvalue weighted by atomic mass is 16.7. The van der Waals surface area contributed by atoms with E-state index < -0.39 is 9.85 Å². The standard InChI is InChI=1S/C16H10N4O8/c21-19(22)11-3-15-13(25-7-27-15)1-9(11)5-17-18-6-10-2-14-16(28-8-26-14)4-12(10)20(23)24/h1-6H,7-8H2. The number of nitro benzene ring substituents is 2. The molecular weight excluding hydrogens is 376 g/mol. The van der Waals surface area contributed by atoms with Crippen molar-refractivity contribution in [1.29, 1.82) is 0 Å². The average Bonchev–Trinajstić information content (AvgIpc) is 3.31. The molecule has 2 aliphatic heterocycles. The first-order chi connectivity index (χ1) is 13.5. The first-order valence-corrected chi connectivity index (χ1v) is 7.75. The van der Waals surface area contributed by atoms with E-state index in [0.29, 0.717) is 11.5 Å². The van der Waals surface area contributed by atoms with Gasteiger partial charge in [-0.15, -0.1) is 0 Å². The maximum atomic E-state index is 11.2. The Kier molecular flexibility index (Phi) is 4.20. The highest BCUT2D eigenvalue weighted by Gasteiger charge is 2.23. The molecule has 0 amide bonds. The SMILES string of the molecule is O=[N+]([O-])c1cc2c(cc1C=NN=Cc1cc3c(cc1[N+](=O)[O-])OCO3)OCO2. The van der Waals surface area contributed by atoms with Crippen molar-refractivity contribution in [3.05, 3.63) is 55.6 Å². The van der Waals surface area contributed by atoms with Gasteiger partial charge in [-0.05, 0) is 12.1 Å². The van der Waals surface area contributed by atoms with Crippen LogP contribution in [0.4, 0.5) is 11.4 Å². The predicted octanol–water partition coefficient (Wildman–Crippen LogP) is 2.41. The Labute approximate surface area is 155 Å². The first kappa shape index (κ1) is 17.2. The van der Waals surface area contributed by atoms with E-state index in [9.17, 15) is 20.2 Å². The van der Waals surface area contributed by atoms with Crippen molar-refractivity contribution in [3.8, 4) is 23.0 Å². The van der Waals surface area contributed by atoms with Crippen LogP contribution < -0.4 is 18.9 Å². The maximum Gasteiger partial charge on any atom is 0.282 e. The molecule has 0 aliphatic carbocycles. The van der Waals surface area contributed by atoms with Crippen LogP contribution in [0.15, 0.2) is 34.5 Å². The molecule has 0 unspecified atom stereocenters. The predicted molar refractivity (Wildman–Crippen MR) is 93.6 cm³/mol. The fourth-order valence-corrected chi connectivity index (χ4v) is 2.61. The summed E-state index contributed by atoms with van der Waals surface area (Å²) in [5.41, 5.74) is -0.187. The van der Waals surface area contributed by atoms with E-state index in [2.05, 4.69) is 10.2 Å². The fraction of sp³-hybridized carbons (Fsp3) is 0.125. The van der Waals surface area contributed by atoms with Crippen LogP contribution in [-0.2, 0) is 0 Å². The Morgan fingerprint density at radius 1 is 0.714 bits per heavy atom. The second-order valence-corrected chi connectivity index (χ2v) is 5.53. The molecule has 0 saturated carbocycles. The van der Waals surface area contributed by atoms with E-state index in [0.717, 1.165) is 12.4 Å². The van der Waals surface area contributed by atoms with E-state index in [-0.39, 0.29) is 47.6 Å². The van der Waals surface area contributed by atoms with Gasteiger partial charge >= 0.3 is 0 Å². The van der Waals surface area contributed by atoms with Crippen LogP contribution in [0.25, 0.3) is 0 Å². The monoisotopic (exact) mass is 386 g/mol. The van der Waals surface area contributed by atoms with Crippen LogP contribution >= 0.6 is 0 Å². The van der Waals surface area contributed by atoms with Crippen molar-refractivity contribution in [1.82, 2.24) is 0 Å². The molecule has 28 heavy (non-hydrogen) atoms. The summed E-state index contributed by atoms with van der Waals surface area (Å²) in [7, 11) is 0. The molecule has 0 atom stereocenters. The number of benzene rings is 2. The number of nitro groups is 2. The Balaban J connectivity index is 1.62. The second-order valence-electron chi connectivity index (χ2n) is 5.53. The first-order valence-electron chi connectivity index (χ1n) is 7.75. The van der Waals surface area contributed by atoms with Crippen LogP contribution in [-0.4, -0.2) is 35.9 Å². The summed E-state index contributed by atoms with van der Waals surface area (Å²) >= 11 is 0. The van der Waals surface area contributed by atoms with E-state index >= 15 is 0 Å². The molecule has 2 aromatic carbocycles. The Bertz CT molecular complexity index is 966. The molecule has 0 saturated heterocycles. The molecule has 0 fully saturated rings. The van der Waals surface area contributed by atoms with Gasteiger partial charge < -0.3 is 18.9 Å². The number of nitrogens with zero attached hydrogens (tertiary/aromatic N) is 4. The second kappa shape index (κ2) is 6.83. The van der Waals surface area contributed by atoms with Crippen molar-refractivity contribution in [3.63, 3.8) is 0 Å². The van der Waals surface area contributed by atoms with Gasteiger partial charge in [-0.2, -0.15) is 10.2 Å². The lowest BCUT2D eigenvalue weighted by atomic mass is 10.1. The summed E-state index contributed by atoms with van der Waals surface area (Å²) in [6.45, 7) is -0.0575. The molecule has 0 radical (unpaired) electrons. The third-order valence-electron chi connectivity index (χ3n) is 3.90. The number of hydrogen-bond donors (Lipinski definition) is 0. The smallest absolute Gasteiger partial charge is 0.282 e. The molecular formula is C16H10N4O8. The van der Waals surface area contributed by atoms with E-state index in [1.54, 1.807) is 0 Å². The Morgan fingerprint density at radius 3 is 1.43 bits per heavy atom. The van der Waals surface area contributed by atoms with Gasteiger partial charge in [0.05, 0.1) is 45.5 Å². The summed E-state index contributed by atoms with van der Waals surface area (Å²) in [6, 6.07) is 5.27. The highest BCUT2D eigenvalue weighted by molar-refractivity contribution is 5.89. The fourth-order valence-electron chi connectivity index (χ4n) is 2.61. The zero-order valence-corrected chi connectivity index (χ0v) is 13.9. The molecule has 2 aliphatic rings. The van der Waals surface area contributed by atoms with E-state index in [1.807, 2.05) is 0 Å². The third kappa shape index (κ3) is 3.13. The maximum absolute atomic E-state index is 11.2. The van der Waals surface area contributed by atoms with Crippen molar-refractivity contribution >= 4 is 23.8 Å². The largest absolute Gasteiger partial charge is 0.454 e. The Morgan fingerprint density at radius 2 is 1.07 bits per heavy atom. The lowest BCUT2D eigenvalue weighted by Crippen LogP contribution is -1.95. The van der Waals surface area contributed by atoms with Crippen LogP contribution in [0.3, 0.4) is 0 Å². The van der Waals surface area contributed by atoms with Crippen LogP contribution in [0.5, 0.6) is 23.0 Å². The molecule has 0 N–H and O–H groups in total. The molecule has 2 aromatic rings. The van der Waals surface area contributed by atoms with Gasteiger partial charge in [-0.1, -0.05) is 0 Å². The van der Waals surface area contributed by atoms with Gasteiger partial charge in [0, 0.05) is 0 Å². The summed E-state index contributed by atoms with van der Waals surface area (Å²) in [6.07, 6.45) is 2.30. The van der Waals surface area contributed by atoms with Gasteiger partial charge in [0.2, 0.25) is 13.6 Å². The minimum absolute atomic E-state index is 0.0288. The number of rotatable bonds is 5. The zero-order chi connectivity index (χ0) is 19.7. The average molecular weight is 386 g/mol. The molecule has 2 heterocycles. The molecule has 12 heteroatoms. The molecule has 4 rings (SSSR count). The number of hydrogen-bond acceptors (Lipinski definition) is 10. The summed E-state index contributed by atoms with van der Waals surface area (Å²) in [5.74, 6) is 1.23. The van der Waals surface area contributed by atoms with Crippen molar-refractivity contribution in [2.24, 2.45) is 10.2 Å². The van der Waals surface area contributed by atoms with Gasteiger partial charge in [0.25, 0.3) is 11.4 Å². The minimum Gasteiger partial charge on any atom is -0.454 e. The number of ether oxygens (including phenoxy) is 4. The summed E-state index contributed by atoms with van der Waals surface area (Å²) in [5, 5.41) is 29.9. The van der Waals surface area contributed by atoms with Gasteiger partial charge in [-0.3, -0.25) is 20.2 Å². The van der Waals surface area contributed by atoms with Gasteiger partial charge in [0.15, 0.2) is 23.0 Å². The topological polar surface area (TPSA) is 148 Å². The summed E-state index contributed by atoms with van der Waals surface area (Å²) in [4.78, 5) is 21.2. The van der Waals surface area contributed by atoms with Crippen molar-refractivity contribution in [2.45, 2.75) is 0 Å². The number of fused-ring (bicyclic) bond motifs is 2. The van der Waals surface area contributed by atoms with Gasteiger partial charge in [-0.25, -0.2) is 0 Å². The molecule has 142 valence electrons. The molecule has 0 aromatic heterocycles. The lowest BCUT2D eigenvalue weighted by molar-refractivity contribution is -0.385. The van der Waals surface area contributed by atoms with Gasteiger partial charge in [0.1, 0.15) is 0 Å². The van der Waals surface area contributed by atoms with Crippen LogP contribution in [0.1, 0.15) is 11.1 Å². The van der Waals surface area contributed by atoms with E-state index in [1.165, 1.54) is 24.3 Å².